The van der Waals surface area contributed by atoms with E-state index in [0.29, 0.717) is 27.8 Å². The Morgan fingerprint density at radius 2 is 1.66 bits per heavy atom. The van der Waals surface area contributed by atoms with Crippen LogP contribution in [0.1, 0.15) is 51.2 Å². The first kappa shape index (κ1) is 28.9. The number of benzene rings is 2. The van der Waals surface area contributed by atoms with E-state index in [1.807, 2.05) is 32.9 Å². The van der Waals surface area contributed by atoms with E-state index in [9.17, 15) is 18.0 Å². The maximum Gasteiger partial charge on any atom is 0.244 e. The van der Waals surface area contributed by atoms with Crippen molar-refractivity contribution in [3.05, 3.63) is 63.6 Å². The number of amides is 2. The standard InChI is InChI=1S/C25H33Cl2N3O4S/c1-6-13-28-25(32)18(4)29(15-20-7-10-21(26)14-23(20)27)24(31)16-30(35(5,33)34)22-11-8-19(9-12-22)17(2)3/h7-12,14,17-18H,6,13,15-16H2,1-5H3,(H,28,32)/t18-/m1/s1. The topological polar surface area (TPSA) is 86.8 Å². The molecule has 192 valence electrons. The third-order valence-electron chi connectivity index (χ3n) is 5.60. The second-order valence-electron chi connectivity index (χ2n) is 8.74. The smallest absolute Gasteiger partial charge is 0.244 e. The minimum Gasteiger partial charge on any atom is -0.354 e. The molecule has 0 fully saturated rings. The van der Waals surface area contributed by atoms with Gasteiger partial charge in [0.05, 0.1) is 11.9 Å². The largest absolute Gasteiger partial charge is 0.354 e. The number of nitrogens with one attached hydrogen (secondary N) is 1. The van der Waals surface area contributed by atoms with Crippen molar-refractivity contribution in [2.24, 2.45) is 0 Å². The minimum atomic E-state index is -3.78. The minimum absolute atomic E-state index is 0.0133. The molecule has 35 heavy (non-hydrogen) atoms. The molecule has 2 aromatic rings. The van der Waals surface area contributed by atoms with Crippen molar-refractivity contribution in [3.63, 3.8) is 0 Å². The average molecular weight is 543 g/mol. The highest BCUT2D eigenvalue weighted by Gasteiger charge is 2.30. The normalized spacial score (nSPS) is 12.3. The molecule has 0 bridgehead atoms. The summed E-state index contributed by atoms with van der Waals surface area (Å²) in [4.78, 5) is 27.6. The van der Waals surface area contributed by atoms with Crippen molar-refractivity contribution in [1.29, 1.82) is 0 Å². The molecule has 0 saturated carbocycles. The molecule has 0 saturated heterocycles. The molecule has 0 radical (unpaired) electrons. The molecular formula is C25H33Cl2N3O4S. The summed E-state index contributed by atoms with van der Waals surface area (Å²) in [6.45, 7) is 7.63. The highest BCUT2D eigenvalue weighted by Crippen LogP contribution is 2.25. The highest BCUT2D eigenvalue weighted by atomic mass is 35.5. The molecule has 0 aliphatic rings. The van der Waals surface area contributed by atoms with E-state index in [4.69, 9.17) is 23.2 Å². The Hall–Kier alpha value is -2.29. The molecule has 0 aliphatic heterocycles. The number of carbonyl (C=O) groups excluding carboxylic acids is 2. The fourth-order valence-corrected chi connectivity index (χ4v) is 4.77. The van der Waals surface area contributed by atoms with Gasteiger partial charge in [-0.15, -0.1) is 0 Å². The van der Waals surface area contributed by atoms with Gasteiger partial charge in [-0.25, -0.2) is 8.42 Å². The van der Waals surface area contributed by atoms with Crippen LogP contribution in [-0.4, -0.2) is 50.5 Å². The molecule has 7 nitrogen and oxygen atoms in total. The Kier molecular flexibility index (Phi) is 10.4. The summed E-state index contributed by atoms with van der Waals surface area (Å²) in [7, 11) is -3.78. The number of anilines is 1. The van der Waals surface area contributed by atoms with E-state index >= 15 is 0 Å². The van der Waals surface area contributed by atoms with Crippen molar-refractivity contribution in [2.45, 2.75) is 52.6 Å². The third kappa shape index (κ3) is 8.12. The van der Waals surface area contributed by atoms with Crippen molar-refractivity contribution < 1.29 is 18.0 Å². The average Bonchev–Trinajstić information content (AvgIpc) is 2.79. The van der Waals surface area contributed by atoms with Crippen LogP contribution in [0.3, 0.4) is 0 Å². The van der Waals surface area contributed by atoms with Crippen molar-refractivity contribution in [2.75, 3.05) is 23.7 Å². The molecule has 0 aliphatic carbocycles. The van der Waals surface area contributed by atoms with Gasteiger partial charge in [0.25, 0.3) is 0 Å². The van der Waals surface area contributed by atoms with Crippen LogP contribution in [0.4, 0.5) is 5.69 Å². The zero-order valence-electron chi connectivity index (χ0n) is 20.7. The maximum atomic E-state index is 13.5. The third-order valence-corrected chi connectivity index (χ3v) is 7.33. The Morgan fingerprint density at radius 1 is 1.03 bits per heavy atom. The number of sulfonamides is 1. The molecule has 0 heterocycles. The molecule has 0 spiro atoms. The predicted octanol–water partition coefficient (Wildman–Crippen LogP) is 4.83. The van der Waals surface area contributed by atoms with Gasteiger partial charge in [0.15, 0.2) is 0 Å². The Labute approximate surface area is 218 Å². The van der Waals surface area contributed by atoms with Gasteiger partial charge >= 0.3 is 0 Å². The molecule has 2 aromatic carbocycles. The van der Waals surface area contributed by atoms with Gasteiger partial charge < -0.3 is 10.2 Å². The van der Waals surface area contributed by atoms with Crippen LogP contribution < -0.4 is 9.62 Å². The lowest BCUT2D eigenvalue weighted by Gasteiger charge is -2.31. The van der Waals surface area contributed by atoms with Crippen molar-refractivity contribution >= 4 is 50.7 Å². The summed E-state index contributed by atoms with van der Waals surface area (Å²) in [6.07, 6.45) is 1.79. The molecule has 2 rings (SSSR count). The first-order chi connectivity index (χ1) is 16.3. The fraction of sp³-hybridized carbons (Fsp3) is 0.440. The van der Waals surface area contributed by atoms with Gasteiger partial charge in [-0.05, 0) is 54.7 Å². The lowest BCUT2D eigenvalue weighted by molar-refractivity contribution is -0.139. The lowest BCUT2D eigenvalue weighted by atomic mass is 10.0. The van der Waals surface area contributed by atoms with Crippen LogP contribution in [0, 0.1) is 0 Å². The first-order valence-electron chi connectivity index (χ1n) is 11.4. The van der Waals surface area contributed by atoms with E-state index in [1.165, 1.54) is 4.90 Å². The summed E-state index contributed by atoms with van der Waals surface area (Å²) in [5.74, 6) is -0.592. The Bertz CT molecular complexity index is 1140. The summed E-state index contributed by atoms with van der Waals surface area (Å²) < 4.78 is 26.3. The first-order valence-corrected chi connectivity index (χ1v) is 14.0. The summed E-state index contributed by atoms with van der Waals surface area (Å²) >= 11 is 12.3. The van der Waals surface area contributed by atoms with Crippen LogP contribution in [0.5, 0.6) is 0 Å². The van der Waals surface area contributed by atoms with Crippen LogP contribution in [0.15, 0.2) is 42.5 Å². The Balaban J connectivity index is 2.40. The Morgan fingerprint density at radius 3 is 2.17 bits per heavy atom. The van der Waals surface area contributed by atoms with Gasteiger partial charge in [0.2, 0.25) is 21.8 Å². The second-order valence-corrected chi connectivity index (χ2v) is 11.5. The van der Waals surface area contributed by atoms with Crippen LogP contribution in [-0.2, 0) is 26.2 Å². The number of nitrogens with zero attached hydrogens (tertiary/aromatic N) is 2. The monoisotopic (exact) mass is 541 g/mol. The molecule has 0 unspecified atom stereocenters. The number of halogens is 2. The van der Waals surface area contributed by atoms with Crippen LogP contribution in [0.2, 0.25) is 10.0 Å². The molecule has 0 aromatic heterocycles. The zero-order valence-corrected chi connectivity index (χ0v) is 23.0. The molecule has 1 atom stereocenters. The quantitative estimate of drug-likeness (QED) is 0.441. The summed E-state index contributed by atoms with van der Waals surface area (Å²) in [5, 5.41) is 3.58. The SMILES string of the molecule is CCCNC(=O)[C@@H](C)N(Cc1ccc(Cl)cc1Cl)C(=O)CN(c1ccc(C(C)C)cc1)S(C)(=O)=O. The molecule has 1 N–H and O–H groups in total. The zero-order chi connectivity index (χ0) is 26.3. The van der Waals surface area contributed by atoms with E-state index in [0.717, 1.165) is 22.5 Å². The van der Waals surface area contributed by atoms with Gasteiger partial charge in [0.1, 0.15) is 12.6 Å². The lowest BCUT2D eigenvalue weighted by Crippen LogP contribution is -2.51. The van der Waals surface area contributed by atoms with Crippen LogP contribution >= 0.6 is 23.2 Å². The summed E-state index contributed by atoms with van der Waals surface area (Å²) in [5.41, 5.74) is 2.01. The number of carbonyl (C=O) groups is 2. The maximum absolute atomic E-state index is 13.5. The van der Waals surface area contributed by atoms with Crippen molar-refractivity contribution in [3.8, 4) is 0 Å². The van der Waals surface area contributed by atoms with Gasteiger partial charge in [-0.1, -0.05) is 62.2 Å². The van der Waals surface area contributed by atoms with E-state index in [1.54, 1.807) is 37.3 Å². The van der Waals surface area contributed by atoms with Crippen LogP contribution in [0.25, 0.3) is 0 Å². The molecular weight excluding hydrogens is 509 g/mol. The number of hydrogen-bond acceptors (Lipinski definition) is 4. The molecule has 2 amide bonds. The van der Waals surface area contributed by atoms with Crippen molar-refractivity contribution in [1.82, 2.24) is 10.2 Å². The van der Waals surface area contributed by atoms with Gasteiger partial charge in [-0.3, -0.25) is 13.9 Å². The van der Waals surface area contributed by atoms with E-state index in [2.05, 4.69) is 5.32 Å². The fourth-order valence-electron chi connectivity index (χ4n) is 3.45. The van der Waals surface area contributed by atoms with Gasteiger partial charge in [0, 0.05) is 23.1 Å². The number of rotatable bonds is 11. The summed E-state index contributed by atoms with van der Waals surface area (Å²) in [6, 6.07) is 11.1. The van der Waals surface area contributed by atoms with E-state index in [-0.39, 0.29) is 18.4 Å². The highest BCUT2D eigenvalue weighted by molar-refractivity contribution is 7.92. The number of hydrogen-bond donors (Lipinski definition) is 1. The van der Waals surface area contributed by atoms with E-state index < -0.39 is 28.5 Å². The second kappa shape index (κ2) is 12.6. The molecule has 10 heteroatoms. The predicted molar refractivity (Wildman–Crippen MR) is 142 cm³/mol. The van der Waals surface area contributed by atoms with Gasteiger partial charge in [-0.2, -0.15) is 0 Å².